The number of rotatable bonds is 8. The van der Waals surface area contributed by atoms with E-state index in [-0.39, 0.29) is 5.91 Å². The Balaban J connectivity index is 1.65. The Kier molecular flexibility index (Phi) is 7.73. The predicted octanol–water partition coefficient (Wildman–Crippen LogP) is 1.70. The first-order chi connectivity index (χ1) is 17.3. The molecular weight excluding hydrogens is 456 g/mol. The third kappa shape index (κ3) is 5.28. The van der Waals surface area contributed by atoms with Crippen molar-refractivity contribution in [3.8, 4) is 6.01 Å². The Labute approximate surface area is 212 Å². The standard InChI is InChI=1S/C26H36N8O2/c1-5-23(35)32-10-12-33(13-11-32)25-19-8-9-34(24-18(2)6-7-21(28)20(24)16-27)17-22(19)29-26(30-25)36-15-14-31(3)4/h5-7,16,27H,1,8-15,17,28H2,2-4H3. The Morgan fingerprint density at radius 2 is 1.94 bits per heavy atom. The van der Waals surface area contributed by atoms with Gasteiger partial charge in [-0.3, -0.25) is 4.79 Å². The lowest BCUT2D eigenvalue weighted by Gasteiger charge is -2.38. The molecule has 0 bridgehead atoms. The number of anilines is 3. The van der Waals surface area contributed by atoms with Crippen molar-refractivity contribution in [2.75, 3.05) is 75.5 Å². The number of fused-ring (bicyclic) bond motifs is 1. The number of ether oxygens (including phenoxy) is 1. The molecule has 0 aliphatic carbocycles. The van der Waals surface area contributed by atoms with Gasteiger partial charge in [0.15, 0.2) is 0 Å². The maximum Gasteiger partial charge on any atom is 0.318 e. The minimum Gasteiger partial charge on any atom is -0.462 e. The second kappa shape index (κ2) is 10.9. The Hall–Kier alpha value is -3.66. The molecule has 2 aromatic rings. The SMILES string of the molecule is C=CC(=O)N1CCN(c2nc(OCCN(C)C)nc3c2CCN(c2c(C)ccc(N)c2C=N)C3)CC1. The first-order valence-electron chi connectivity index (χ1n) is 12.3. The van der Waals surface area contributed by atoms with Gasteiger partial charge >= 0.3 is 6.01 Å². The number of carbonyl (C=O) groups is 1. The number of nitrogens with zero attached hydrogens (tertiary/aromatic N) is 6. The van der Waals surface area contributed by atoms with Crippen LogP contribution in [0.25, 0.3) is 0 Å². The molecule has 10 heteroatoms. The molecule has 3 N–H and O–H groups in total. The Bertz CT molecular complexity index is 1140. The van der Waals surface area contributed by atoms with E-state index in [4.69, 9.17) is 25.8 Å². The number of hydrogen-bond acceptors (Lipinski definition) is 9. The van der Waals surface area contributed by atoms with E-state index in [0.29, 0.717) is 51.0 Å². The van der Waals surface area contributed by atoms with E-state index in [0.717, 1.165) is 53.4 Å². The monoisotopic (exact) mass is 492 g/mol. The van der Waals surface area contributed by atoms with Gasteiger partial charge in [0.1, 0.15) is 12.4 Å². The van der Waals surface area contributed by atoms with E-state index < -0.39 is 0 Å². The number of nitrogen functional groups attached to an aromatic ring is 1. The molecule has 36 heavy (non-hydrogen) atoms. The molecular formula is C26H36N8O2. The molecule has 0 spiro atoms. The van der Waals surface area contributed by atoms with Crippen molar-refractivity contribution < 1.29 is 9.53 Å². The molecule has 0 unspecified atom stereocenters. The fourth-order valence-electron chi connectivity index (χ4n) is 4.80. The van der Waals surface area contributed by atoms with Crippen molar-refractivity contribution >= 4 is 29.3 Å². The highest BCUT2D eigenvalue weighted by Gasteiger charge is 2.29. The van der Waals surface area contributed by atoms with Gasteiger partial charge in [-0.2, -0.15) is 9.97 Å². The number of aryl methyl sites for hydroxylation is 1. The van der Waals surface area contributed by atoms with E-state index in [1.54, 1.807) is 0 Å². The average Bonchev–Trinajstić information content (AvgIpc) is 2.88. The number of nitrogens with one attached hydrogen (secondary N) is 1. The summed E-state index contributed by atoms with van der Waals surface area (Å²) in [4.78, 5) is 30.1. The third-order valence-electron chi connectivity index (χ3n) is 6.77. The lowest BCUT2D eigenvalue weighted by Crippen LogP contribution is -2.49. The highest BCUT2D eigenvalue weighted by molar-refractivity contribution is 5.94. The summed E-state index contributed by atoms with van der Waals surface area (Å²) in [5.41, 5.74) is 11.6. The minimum atomic E-state index is -0.0396. The zero-order valence-electron chi connectivity index (χ0n) is 21.5. The summed E-state index contributed by atoms with van der Waals surface area (Å²) in [5, 5.41) is 7.94. The van der Waals surface area contributed by atoms with Crippen LogP contribution >= 0.6 is 0 Å². The van der Waals surface area contributed by atoms with Crippen molar-refractivity contribution in [1.82, 2.24) is 19.8 Å². The second-order valence-electron chi connectivity index (χ2n) is 9.47. The van der Waals surface area contributed by atoms with Crippen LogP contribution in [-0.4, -0.2) is 91.9 Å². The molecule has 0 radical (unpaired) electrons. The first-order valence-corrected chi connectivity index (χ1v) is 12.3. The lowest BCUT2D eigenvalue weighted by atomic mass is 10.00. The summed E-state index contributed by atoms with van der Waals surface area (Å²) in [7, 11) is 4.00. The molecule has 2 aliphatic rings. The highest BCUT2D eigenvalue weighted by Crippen LogP contribution is 2.35. The van der Waals surface area contributed by atoms with Crippen LogP contribution in [0.4, 0.5) is 17.2 Å². The van der Waals surface area contributed by atoms with Gasteiger partial charge in [0.2, 0.25) is 5.91 Å². The molecule has 1 aromatic heterocycles. The van der Waals surface area contributed by atoms with Crippen LogP contribution in [0.1, 0.15) is 22.4 Å². The van der Waals surface area contributed by atoms with Crippen molar-refractivity contribution in [3.63, 3.8) is 0 Å². The number of piperazine rings is 1. The predicted molar refractivity (Wildman–Crippen MR) is 143 cm³/mol. The fourth-order valence-corrected chi connectivity index (χ4v) is 4.80. The average molecular weight is 493 g/mol. The van der Waals surface area contributed by atoms with Crippen molar-refractivity contribution in [1.29, 1.82) is 5.41 Å². The zero-order valence-corrected chi connectivity index (χ0v) is 21.5. The van der Waals surface area contributed by atoms with E-state index in [1.165, 1.54) is 12.3 Å². The number of aromatic nitrogens is 2. The summed E-state index contributed by atoms with van der Waals surface area (Å²) < 4.78 is 5.98. The lowest BCUT2D eigenvalue weighted by molar-refractivity contribution is -0.126. The van der Waals surface area contributed by atoms with Crippen LogP contribution in [0.15, 0.2) is 24.8 Å². The van der Waals surface area contributed by atoms with E-state index in [9.17, 15) is 4.79 Å². The number of nitrogens with two attached hydrogens (primary N) is 1. The minimum absolute atomic E-state index is 0.0396. The van der Waals surface area contributed by atoms with Gasteiger partial charge in [0.05, 0.1) is 17.9 Å². The molecule has 3 heterocycles. The van der Waals surface area contributed by atoms with Crippen LogP contribution in [-0.2, 0) is 17.8 Å². The van der Waals surface area contributed by atoms with Crippen molar-refractivity contribution in [2.45, 2.75) is 19.9 Å². The van der Waals surface area contributed by atoms with Crippen LogP contribution < -0.4 is 20.3 Å². The molecule has 1 amide bonds. The first kappa shape index (κ1) is 25.4. The molecule has 0 atom stereocenters. The zero-order chi connectivity index (χ0) is 25.8. The molecule has 4 rings (SSSR count). The van der Waals surface area contributed by atoms with Gasteiger partial charge in [0, 0.05) is 62.3 Å². The third-order valence-corrected chi connectivity index (χ3v) is 6.77. The van der Waals surface area contributed by atoms with Crippen LogP contribution in [0, 0.1) is 12.3 Å². The fraction of sp³-hybridized carbons (Fsp3) is 0.462. The highest BCUT2D eigenvalue weighted by atomic mass is 16.5. The number of carbonyl (C=O) groups excluding carboxylic acids is 1. The van der Waals surface area contributed by atoms with Gasteiger partial charge in [-0.05, 0) is 45.1 Å². The topological polar surface area (TPSA) is 115 Å². The molecule has 0 saturated carbocycles. The molecule has 2 aliphatic heterocycles. The molecule has 1 saturated heterocycles. The summed E-state index contributed by atoms with van der Waals surface area (Å²) in [6.07, 6.45) is 3.47. The van der Waals surface area contributed by atoms with Gasteiger partial charge in [0.25, 0.3) is 0 Å². The number of likely N-dealkylation sites (N-methyl/N-ethyl adjacent to an activating group) is 1. The van der Waals surface area contributed by atoms with Gasteiger partial charge in [-0.25, -0.2) is 0 Å². The number of hydrogen-bond donors (Lipinski definition) is 2. The Morgan fingerprint density at radius 1 is 1.19 bits per heavy atom. The molecule has 1 fully saturated rings. The van der Waals surface area contributed by atoms with E-state index in [2.05, 4.69) is 21.3 Å². The maximum atomic E-state index is 12.1. The van der Waals surface area contributed by atoms with E-state index in [1.807, 2.05) is 38.1 Å². The smallest absolute Gasteiger partial charge is 0.318 e. The molecule has 10 nitrogen and oxygen atoms in total. The normalized spacial score (nSPS) is 15.6. The summed E-state index contributed by atoms with van der Waals surface area (Å²) in [6, 6.07) is 4.22. The van der Waals surface area contributed by atoms with Crippen LogP contribution in [0.2, 0.25) is 0 Å². The molecule has 192 valence electrons. The summed E-state index contributed by atoms with van der Waals surface area (Å²) >= 11 is 0. The van der Waals surface area contributed by atoms with Gasteiger partial charge < -0.3 is 35.5 Å². The quantitative estimate of drug-likeness (QED) is 0.325. The maximum absolute atomic E-state index is 12.1. The number of amides is 1. The largest absolute Gasteiger partial charge is 0.462 e. The van der Waals surface area contributed by atoms with E-state index >= 15 is 0 Å². The van der Waals surface area contributed by atoms with Crippen molar-refractivity contribution in [3.05, 3.63) is 47.2 Å². The Morgan fingerprint density at radius 3 is 2.61 bits per heavy atom. The van der Waals surface area contributed by atoms with Gasteiger partial charge in [-0.15, -0.1) is 0 Å². The summed E-state index contributed by atoms with van der Waals surface area (Å²) in [5.74, 6) is 0.851. The molecule has 1 aromatic carbocycles. The van der Waals surface area contributed by atoms with Crippen LogP contribution in [0.3, 0.4) is 0 Å². The second-order valence-corrected chi connectivity index (χ2v) is 9.47. The van der Waals surface area contributed by atoms with Crippen molar-refractivity contribution in [2.24, 2.45) is 0 Å². The van der Waals surface area contributed by atoms with Crippen LogP contribution in [0.5, 0.6) is 6.01 Å². The number of benzene rings is 1. The van der Waals surface area contributed by atoms with Gasteiger partial charge in [-0.1, -0.05) is 12.6 Å². The summed E-state index contributed by atoms with van der Waals surface area (Å²) in [6.45, 7) is 10.9.